The minimum Gasteiger partial charge on any atom is -0.490 e. The first-order valence-corrected chi connectivity index (χ1v) is 6.22. The van der Waals surface area contributed by atoms with Gasteiger partial charge in [0.25, 0.3) is 0 Å². The maximum atomic E-state index is 5.77. The first-order chi connectivity index (χ1) is 8.72. The summed E-state index contributed by atoms with van der Waals surface area (Å²) in [5.74, 6) is 0.938. The summed E-state index contributed by atoms with van der Waals surface area (Å²) in [4.78, 5) is 4.48. The van der Waals surface area contributed by atoms with Gasteiger partial charge in [-0.15, -0.1) is 0 Å². The lowest BCUT2D eigenvalue weighted by Gasteiger charge is -2.07. The van der Waals surface area contributed by atoms with Crippen molar-refractivity contribution in [3.05, 3.63) is 42.1 Å². The summed E-state index contributed by atoms with van der Waals surface area (Å²) in [6.45, 7) is 1.92. The van der Waals surface area contributed by atoms with Gasteiger partial charge in [0, 0.05) is 5.56 Å². The second kappa shape index (κ2) is 4.33. The number of benzene rings is 1. The van der Waals surface area contributed by atoms with Gasteiger partial charge in [0.15, 0.2) is 0 Å². The molecule has 0 unspecified atom stereocenters. The van der Waals surface area contributed by atoms with Crippen LogP contribution in [0.4, 0.5) is 5.69 Å². The molecule has 0 aliphatic heterocycles. The van der Waals surface area contributed by atoms with Gasteiger partial charge in [0.1, 0.15) is 5.75 Å². The molecule has 1 fully saturated rings. The van der Waals surface area contributed by atoms with Crippen LogP contribution in [0.25, 0.3) is 11.3 Å². The van der Waals surface area contributed by atoms with E-state index in [-0.39, 0.29) is 0 Å². The van der Waals surface area contributed by atoms with Crippen molar-refractivity contribution in [3.8, 4) is 17.0 Å². The van der Waals surface area contributed by atoms with Crippen LogP contribution in [0.1, 0.15) is 18.5 Å². The van der Waals surface area contributed by atoms with Gasteiger partial charge in [-0.25, -0.2) is 0 Å². The third kappa shape index (κ3) is 2.30. The van der Waals surface area contributed by atoms with E-state index in [2.05, 4.69) is 4.98 Å². The Morgan fingerprint density at radius 2 is 1.83 bits per heavy atom. The fourth-order valence-corrected chi connectivity index (χ4v) is 1.82. The number of hydrogen-bond acceptors (Lipinski definition) is 3. The normalized spacial score (nSPS) is 14.5. The van der Waals surface area contributed by atoms with Gasteiger partial charge in [-0.05, 0) is 56.2 Å². The molecule has 0 bridgehead atoms. The fourth-order valence-electron chi connectivity index (χ4n) is 1.82. The zero-order valence-electron chi connectivity index (χ0n) is 10.4. The highest BCUT2D eigenvalue weighted by Crippen LogP contribution is 2.28. The van der Waals surface area contributed by atoms with Gasteiger partial charge < -0.3 is 10.5 Å². The van der Waals surface area contributed by atoms with Crippen LogP contribution < -0.4 is 10.5 Å². The second-order valence-electron chi connectivity index (χ2n) is 4.71. The first kappa shape index (κ1) is 11.1. The van der Waals surface area contributed by atoms with E-state index in [1.807, 2.05) is 43.3 Å². The van der Waals surface area contributed by atoms with Crippen LogP contribution in [0.5, 0.6) is 5.75 Å². The van der Waals surface area contributed by atoms with Gasteiger partial charge in [0.2, 0.25) is 0 Å². The Labute approximate surface area is 107 Å². The molecule has 1 aliphatic carbocycles. The molecule has 1 heterocycles. The number of hydrogen-bond donors (Lipinski definition) is 1. The number of pyridine rings is 1. The number of nitrogens with two attached hydrogens (primary N) is 1. The summed E-state index contributed by atoms with van der Waals surface area (Å²) in [6, 6.07) is 11.9. The number of ether oxygens (including phenoxy) is 1. The van der Waals surface area contributed by atoms with E-state index in [9.17, 15) is 0 Å². The first-order valence-electron chi connectivity index (χ1n) is 6.22. The van der Waals surface area contributed by atoms with Crippen LogP contribution in [0.15, 0.2) is 36.4 Å². The molecule has 3 nitrogen and oxygen atoms in total. The number of aromatic nitrogens is 1. The zero-order valence-corrected chi connectivity index (χ0v) is 10.4. The van der Waals surface area contributed by atoms with Crippen LogP contribution >= 0.6 is 0 Å². The summed E-state index contributed by atoms with van der Waals surface area (Å²) in [6.07, 6.45) is 2.80. The van der Waals surface area contributed by atoms with Crippen LogP contribution in [0, 0.1) is 6.92 Å². The van der Waals surface area contributed by atoms with Crippen LogP contribution in [0.2, 0.25) is 0 Å². The lowest BCUT2D eigenvalue weighted by atomic mass is 10.1. The molecule has 1 aromatic carbocycles. The number of aryl methyl sites for hydroxylation is 1. The van der Waals surface area contributed by atoms with Crippen molar-refractivity contribution in [2.75, 3.05) is 5.73 Å². The average molecular weight is 240 g/mol. The minimum atomic E-state index is 0.438. The molecule has 3 heteroatoms. The predicted molar refractivity (Wildman–Crippen MR) is 72.5 cm³/mol. The topological polar surface area (TPSA) is 48.1 Å². The third-order valence-electron chi connectivity index (χ3n) is 3.10. The van der Waals surface area contributed by atoms with Crippen molar-refractivity contribution >= 4 is 5.69 Å². The minimum absolute atomic E-state index is 0.438. The molecule has 1 aromatic heterocycles. The highest BCUT2D eigenvalue weighted by atomic mass is 16.5. The second-order valence-corrected chi connectivity index (χ2v) is 4.71. The highest BCUT2D eigenvalue weighted by molar-refractivity contribution is 5.62. The summed E-state index contributed by atoms with van der Waals surface area (Å²) >= 11 is 0. The van der Waals surface area contributed by atoms with E-state index in [0.717, 1.165) is 28.4 Å². The van der Waals surface area contributed by atoms with E-state index in [1.165, 1.54) is 12.8 Å². The molecule has 18 heavy (non-hydrogen) atoms. The number of anilines is 1. The van der Waals surface area contributed by atoms with E-state index in [1.54, 1.807) is 0 Å². The van der Waals surface area contributed by atoms with Crippen LogP contribution in [-0.2, 0) is 0 Å². The predicted octanol–water partition coefficient (Wildman–Crippen LogP) is 3.18. The number of nitrogens with zero attached hydrogens (tertiary/aromatic N) is 1. The number of rotatable bonds is 3. The van der Waals surface area contributed by atoms with Crippen molar-refractivity contribution in [1.29, 1.82) is 0 Å². The van der Waals surface area contributed by atoms with Crippen molar-refractivity contribution in [2.24, 2.45) is 0 Å². The maximum absolute atomic E-state index is 5.77. The largest absolute Gasteiger partial charge is 0.490 e. The van der Waals surface area contributed by atoms with Crippen molar-refractivity contribution in [2.45, 2.75) is 25.9 Å². The van der Waals surface area contributed by atoms with E-state index >= 15 is 0 Å². The molecule has 2 aromatic rings. The van der Waals surface area contributed by atoms with Crippen molar-refractivity contribution < 1.29 is 4.74 Å². The smallest absolute Gasteiger partial charge is 0.119 e. The molecule has 1 aliphatic rings. The zero-order chi connectivity index (χ0) is 12.5. The Morgan fingerprint density at radius 3 is 2.44 bits per heavy atom. The Bertz CT molecular complexity index is 559. The third-order valence-corrected chi connectivity index (χ3v) is 3.10. The summed E-state index contributed by atoms with van der Waals surface area (Å²) in [7, 11) is 0. The fraction of sp³-hybridized carbons (Fsp3) is 0.267. The Kier molecular flexibility index (Phi) is 2.67. The van der Waals surface area contributed by atoms with Gasteiger partial charge in [0.05, 0.1) is 23.2 Å². The van der Waals surface area contributed by atoms with Gasteiger partial charge in [-0.1, -0.05) is 0 Å². The lowest BCUT2D eigenvalue weighted by Crippen LogP contribution is -1.96. The molecular weight excluding hydrogens is 224 g/mol. The molecule has 1 saturated carbocycles. The average Bonchev–Trinajstić information content (AvgIpc) is 3.18. The molecule has 0 atom stereocenters. The maximum Gasteiger partial charge on any atom is 0.119 e. The molecule has 0 spiro atoms. The molecule has 0 amide bonds. The quantitative estimate of drug-likeness (QED) is 0.896. The molecule has 0 saturated heterocycles. The van der Waals surface area contributed by atoms with Crippen molar-refractivity contribution in [1.82, 2.24) is 4.98 Å². The van der Waals surface area contributed by atoms with E-state index < -0.39 is 0 Å². The standard InChI is InChI=1S/C15H16N2O/c1-10-14(16)8-9-15(17-10)11-2-4-12(5-3-11)18-13-6-7-13/h2-5,8-9,13H,6-7,16H2,1H3. The highest BCUT2D eigenvalue weighted by Gasteiger charge is 2.23. The van der Waals surface area contributed by atoms with Crippen molar-refractivity contribution in [3.63, 3.8) is 0 Å². The summed E-state index contributed by atoms with van der Waals surface area (Å²) in [5, 5.41) is 0. The lowest BCUT2D eigenvalue weighted by molar-refractivity contribution is 0.303. The Hall–Kier alpha value is -2.03. The molecule has 92 valence electrons. The Balaban J connectivity index is 1.84. The van der Waals surface area contributed by atoms with Gasteiger partial charge in [-0.2, -0.15) is 0 Å². The summed E-state index contributed by atoms with van der Waals surface area (Å²) in [5.41, 5.74) is 9.39. The van der Waals surface area contributed by atoms with Gasteiger partial charge >= 0.3 is 0 Å². The molecule has 2 N–H and O–H groups in total. The molecular formula is C15H16N2O. The SMILES string of the molecule is Cc1nc(-c2ccc(OC3CC3)cc2)ccc1N. The van der Waals surface area contributed by atoms with Crippen LogP contribution in [-0.4, -0.2) is 11.1 Å². The molecule has 3 rings (SSSR count). The molecule has 0 radical (unpaired) electrons. The van der Waals surface area contributed by atoms with E-state index in [0.29, 0.717) is 6.10 Å². The monoisotopic (exact) mass is 240 g/mol. The van der Waals surface area contributed by atoms with Crippen LogP contribution in [0.3, 0.4) is 0 Å². The van der Waals surface area contributed by atoms with Gasteiger partial charge in [-0.3, -0.25) is 4.98 Å². The van der Waals surface area contributed by atoms with E-state index in [4.69, 9.17) is 10.5 Å². The number of nitrogen functional groups attached to an aromatic ring is 1. The Morgan fingerprint density at radius 1 is 1.11 bits per heavy atom. The summed E-state index contributed by atoms with van der Waals surface area (Å²) < 4.78 is 5.72.